The Morgan fingerprint density at radius 3 is 2.36 bits per heavy atom. The van der Waals surface area contributed by atoms with Gasteiger partial charge in [0.2, 0.25) is 0 Å². The number of hydrogen-bond donors (Lipinski definition) is 1. The molecule has 9 heteroatoms. The van der Waals surface area contributed by atoms with Crippen LogP contribution in [-0.4, -0.2) is 19.9 Å². The highest BCUT2D eigenvalue weighted by atomic mass is 32.2. The third kappa shape index (κ3) is 4.45. The Kier molecular flexibility index (Phi) is 5.26. The van der Waals surface area contributed by atoms with Crippen LogP contribution >= 0.6 is 23.5 Å². The first-order chi connectivity index (χ1) is 11.8. The zero-order valence-electron chi connectivity index (χ0n) is 12.8. The molecule has 1 heterocycles. The van der Waals surface area contributed by atoms with Crippen molar-refractivity contribution in [1.29, 1.82) is 0 Å². The number of sulfonamides is 1. The quantitative estimate of drug-likeness (QED) is 0.779. The summed E-state index contributed by atoms with van der Waals surface area (Å²) in [6.45, 7) is 0. The predicted octanol–water partition coefficient (Wildman–Crippen LogP) is 4.98. The fraction of sp³-hybridized carbons (Fsp3) is 0.250. The van der Waals surface area contributed by atoms with Gasteiger partial charge in [0.25, 0.3) is 10.0 Å². The fourth-order valence-electron chi connectivity index (χ4n) is 2.35. The van der Waals surface area contributed by atoms with Crippen molar-refractivity contribution in [3.8, 4) is 0 Å². The van der Waals surface area contributed by atoms with Gasteiger partial charge in [0.15, 0.2) is 0 Å². The molecule has 0 aliphatic carbocycles. The molecular formula is C16H14F3NO2S3. The molecule has 0 spiro atoms. The first-order valence-corrected chi connectivity index (χ1v) is 10.9. The van der Waals surface area contributed by atoms with Crippen LogP contribution in [0.2, 0.25) is 0 Å². The third-order valence-electron chi connectivity index (χ3n) is 3.50. The minimum Gasteiger partial charge on any atom is -0.280 e. The molecule has 1 N–H and O–H groups in total. The second kappa shape index (κ2) is 7.13. The molecule has 1 aliphatic heterocycles. The highest BCUT2D eigenvalue weighted by molar-refractivity contribution is 8.19. The lowest BCUT2D eigenvalue weighted by Gasteiger charge is -2.13. The Balaban J connectivity index is 1.86. The summed E-state index contributed by atoms with van der Waals surface area (Å²) in [7, 11) is -4.10. The highest BCUT2D eigenvalue weighted by Crippen LogP contribution is 2.45. The van der Waals surface area contributed by atoms with E-state index in [4.69, 9.17) is 0 Å². The van der Waals surface area contributed by atoms with Crippen LogP contribution in [0.1, 0.15) is 15.7 Å². The molecule has 1 aliphatic rings. The van der Waals surface area contributed by atoms with Gasteiger partial charge in [-0.25, -0.2) is 8.42 Å². The number of thioether (sulfide) groups is 2. The Hall–Kier alpha value is -1.32. The molecule has 0 amide bonds. The van der Waals surface area contributed by atoms with Gasteiger partial charge in [-0.3, -0.25) is 4.72 Å². The summed E-state index contributed by atoms with van der Waals surface area (Å²) in [4.78, 5) is -0.419. The summed E-state index contributed by atoms with van der Waals surface area (Å²) >= 11 is 3.57. The molecule has 0 unspecified atom stereocenters. The predicted molar refractivity (Wildman–Crippen MR) is 96.4 cm³/mol. The Labute approximate surface area is 152 Å². The number of anilines is 1. The Morgan fingerprint density at radius 2 is 1.68 bits per heavy atom. The zero-order chi connectivity index (χ0) is 18.1. The van der Waals surface area contributed by atoms with Gasteiger partial charge in [-0.05, 0) is 35.9 Å². The van der Waals surface area contributed by atoms with Crippen molar-refractivity contribution in [1.82, 2.24) is 0 Å². The van der Waals surface area contributed by atoms with Crippen molar-refractivity contribution in [2.24, 2.45) is 0 Å². The number of halogens is 3. The maximum Gasteiger partial charge on any atom is 0.416 e. The van der Waals surface area contributed by atoms with E-state index in [0.717, 1.165) is 35.3 Å². The van der Waals surface area contributed by atoms with E-state index in [1.165, 1.54) is 0 Å². The van der Waals surface area contributed by atoms with Gasteiger partial charge in [-0.2, -0.15) is 13.2 Å². The first kappa shape index (κ1) is 18.5. The van der Waals surface area contributed by atoms with Gasteiger partial charge < -0.3 is 0 Å². The van der Waals surface area contributed by atoms with Crippen LogP contribution < -0.4 is 4.72 Å². The number of benzene rings is 2. The van der Waals surface area contributed by atoms with Gasteiger partial charge in [0.05, 0.1) is 15.0 Å². The van der Waals surface area contributed by atoms with E-state index in [9.17, 15) is 21.6 Å². The lowest BCUT2D eigenvalue weighted by molar-refractivity contribution is -0.137. The maximum absolute atomic E-state index is 12.8. The molecule has 0 atom stereocenters. The average molecular weight is 405 g/mol. The van der Waals surface area contributed by atoms with Crippen molar-refractivity contribution >= 4 is 39.2 Å². The van der Waals surface area contributed by atoms with Crippen LogP contribution in [-0.2, 0) is 16.2 Å². The third-order valence-corrected chi connectivity index (χ3v) is 7.99. The van der Waals surface area contributed by atoms with E-state index in [0.29, 0.717) is 11.8 Å². The van der Waals surface area contributed by atoms with E-state index in [-0.39, 0.29) is 4.58 Å². The SMILES string of the molecule is O=S(=O)(Nc1cccc(C2SCCS2)c1)c1cccc(C(F)(F)F)c1. The summed E-state index contributed by atoms with van der Waals surface area (Å²) in [5, 5.41) is 0. The average Bonchev–Trinajstić information content (AvgIpc) is 3.08. The van der Waals surface area contributed by atoms with Gasteiger partial charge in [0.1, 0.15) is 0 Å². The minimum atomic E-state index is -4.59. The normalized spacial score (nSPS) is 16.1. The maximum atomic E-state index is 12.8. The molecule has 0 aromatic heterocycles. The minimum absolute atomic E-state index is 0.248. The fourth-order valence-corrected chi connectivity index (χ4v) is 6.29. The van der Waals surface area contributed by atoms with Crippen molar-refractivity contribution < 1.29 is 21.6 Å². The molecule has 2 aromatic carbocycles. The van der Waals surface area contributed by atoms with Gasteiger partial charge in [0, 0.05) is 17.2 Å². The monoisotopic (exact) mass is 405 g/mol. The van der Waals surface area contributed by atoms with E-state index >= 15 is 0 Å². The van der Waals surface area contributed by atoms with Crippen LogP contribution in [0.4, 0.5) is 18.9 Å². The molecule has 0 saturated carbocycles. The van der Waals surface area contributed by atoms with Gasteiger partial charge in [-0.15, -0.1) is 23.5 Å². The highest BCUT2D eigenvalue weighted by Gasteiger charge is 2.31. The molecule has 1 saturated heterocycles. The van der Waals surface area contributed by atoms with Crippen molar-refractivity contribution in [2.45, 2.75) is 15.7 Å². The lowest BCUT2D eigenvalue weighted by atomic mass is 10.2. The standard InChI is InChI=1S/C16H14F3NO2S3/c17-16(18,19)12-4-2-6-14(10-12)25(21,22)20-13-5-1-3-11(9-13)15-23-7-8-24-15/h1-6,9-10,15,20H,7-8H2. The number of nitrogens with one attached hydrogen (secondary N) is 1. The van der Waals surface area contributed by atoms with Gasteiger partial charge >= 0.3 is 6.18 Å². The van der Waals surface area contributed by atoms with Crippen molar-refractivity contribution in [2.75, 3.05) is 16.2 Å². The Bertz CT molecular complexity index is 863. The van der Waals surface area contributed by atoms with E-state index in [2.05, 4.69) is 4.72 Å². The number of alkyl halides is 3. The molecule has 134 valence electrons. The molecule has 0 radical (unpaired) electrons. The number of hydrogen-bond acceptors (Lipinski definition) is 4. The topological polar surface area (TPSA) is 46.2 Å². The van der Waals surface area contributed by atoms with Crippen LogP contribution in [0.5, 0.6) is 0 Å². The van der Waals surface area contributed by atoms with Crippen LogP contribution in [0.25, 0.3) is 0 Å². The number of rotatable bonds is 4. The summed E-state index contributed by atoms with van der Waals surface area (Å²) < 4.78 is 65.8. The molecule has 3 nitrogen and oxygen atoms in total. The Morgan fingerprint density at radius 1 is 1.00 bits per heavy atom. The molecule has 1 fully saturated rings. The van der Waals surface area contributed by atoms with Crippen LogP contribution in [0, 0.1) is 0 Å². The van der Waals surface area contributed by atoms with Crippen molar-refractivity contribution in [3.05, 3.63) is 59.7 Å². The summed E-state index contributed by atoms with van der Waals surface area (Å²) in [5.41, 5.74) is 0.322. The van der Waals surface area contributed by atoms with E-state index in [1.54, 1.807) is 41.7 Å². The van der Waals surface area contributed by atoms with E-state index in [1.807, 2.05) is 6.07 Å². The van der Waals surface area contributed by atoms with E-state index < -0.39 is 26.7 Å². The molecular weight excluding hydrogens is 391 g/mol. The van der Waals surface area contributed by atoms with Crippen LogP contribution in [0.3, 0.4) is 0 Å². The molecule has 3 rings (SSSR count). The smallest absolute Gasteiger partial charge is 0.280 e. The summed E-state index contributed by atoms with van der Waals surface area (Å²) in [6, 6.07) is 10.7. The zero-order valence-corrected chi connectivity index (χ0v) is 15.2. The lowest BCUT2D eigenvalue weighted by Crippen LogP contribution is -2.14. The molecule has 0 bridgehead atoms. The summed E-state index contributed by atoms with van der Waals surface area (Å²) in [6.07, 6.45) is -4.59. The van der Waals surface area contributed by atoms with Crippen molar-refractivity contribution in [3.63, 3.8) is 0 Å². The van der Waals surface area contributed by atoms with Gasteiger partial charge in [-0.1, -0.05) is 18.2 Å². The molecule has 25 heavy (non-hydrogen) atoms. The largest absolute Gasteiger partial charge is 0.416 e. The first-order valence-electron chi connectivity index (χ1n) is 7.29. The molecule has 2 aromatic rings. The second-order valence-electron chi connectivity index (χ2n) is 5.33. The second-order valence-corrected chi connectivity index (χ2v) is 9.74. The van der Waals surface area contributed by atoms with Crippen LogP contribution in [0.15, 0.2) is 53.4 Å². The summed E-state index contributed by atoms with van der Waals surface area (Å²) in [5.74, 6) is 2.07.